The van der Waals surface area contributed by atoms with Gasteiger partial charge in [-0.25, -0.2) is 9.78 Å². The van der Waals surface area contributed by atoms with E-state index in [-0.39, 0.29) is 5.91 Å². The number of ether oxygens (including phenoxy) is 1. The molecular weight excluding hydrogens is 521 g/mol. The van der Waals surface area contributed by atoms with Crippen molar-refractivity contribution in [3.8, 4) is 17.0 Å². The summed E-state index contributed by atoms with van der Waals surface area (Å²) < 4.78 is 39.1. The Kier molecular flexibility index (Phi) is 8.00. The molecule has 0 saturated carbocycles. The van der Waals surface area contributed by atoms with Crippen LogP contribution in [-0.2, 0) is 11.8 Å². The van der Waals surface area contributed by atoms with Gasteiger partial charge < -0.3 is 19.3 Å². The fourth-order valence-electron chi connectivity index (χ4n) is 4.25. The molecule has 1 aromatic carbocycles. The van der Waals surface area contributed by atoms with E-state index in [9.17, 15) is 18.0 Å². The van der Waals surface area contributed by atoms with E-state index in [4.69, 9.17) is 19.6 Å². The Bertz CT molecular complexity index is 1410. The number of aliphatic carboxylic acids is 1. The average molecular weight is 547 g/mol. The largest absolute Gasteiger partial charge is 0.497 e. The third kappa shape index (κ3) is 5.96. The second-order valence-corrected chi connectivity index (χ2v) is 9.51. The topological polar surface area (TPSA) is 97.5 Å². The summed E-state index contributed by atoms with van der Waals surface area (Å²) in [5, 5.41) is 11.0. The van der Waals surface area contributed by atoms with Crippen molar-refractivity contribution in [3.05, 3.63) is 64.7 Å². The molecule has 1 aliphatic heterocycles. The first kappa shape index (κ1) is 27.1. The smallest absolute Gasteiger partial charge is 0.490 e. The Morgan fingerprint density at radius 3 is 2.34 bits per heavy atom. The molecule has 1 amide bonds. The molecule has 1 saturated heterocycles. The van der Waals surface area contributed by atoms with Crippen molar-refractivity contribution in [3.63, 3.8) is 0 Å². The second kappa shape index (κ2) is 11.2. The summed E-state index contributed by atoms with van der Waals surface area (Å²) in [6.45, 7) is 1.50. The first-order valence-electron chi connectivity index (χ1n) is 11.7. The maximum Gasteiger partial charge on any atom is 0.490 e. The van der Waals surface area contributed by atoms with E-state index < -0.39 is 12.1 Å². The number of nitrogens with zero attached hydrogens (tertiary/aromatic N) is 4. The van der Waals surface area contributed by atoms with Gasteiger partial charge in [0.2, 0.25) is 0 Å². The number of halogens is 3. The lowest BCUT2D eigenvalue weighted by Crippen LogP contribution is -2.37. The lowest BCUT2D eigenvalue weighted by atomic mass is 9.92. The van der Waals surface area contributed by atoms with Gasteiger partial charge in [-0.3, -0.25) is 9.78 Å². The molecule has 3 aromatic heterocycles. The number of thiophene rings is 1. The van der Waals surface area contributed by atoms with Crippen molar-refractivity contribution in [2.75, 3.05) is 20.2 Å². The third-order valence-corrected chi connectivity index (χ3v) is 6.99. The van der Waals surface area contributed by atoms with Gasteiger partial charge in [0, 0.05) is 42.7 Å². The van der Waals surface area contributed by atoms with Crippen LogP contribution in [0.4, 0.5) is 13.2 Å². The van der Waals surface area contributed by atoms with E-state index in [1.165, 1.54) is 0 Å². The van der Waals surface area contributed by atoms with E-state index in [1.54, 1.807) is 18.4 Å². The second-order valence-electron chi connectivity index (χ2n) is 8.73. The molecule has 0 bridgehead atoms. The zero-order chi connectivity index (χ0) is 27.4. The van der Waals surface area contributed by atoms with Crippen molar-refractivity contribution in [2.24, 2.45) is 7.05 Å². The van der Waals surface area contributed by atoms with E-state index in [1.807, 2.05) is 63.9 Å². The average Bonchev–Trinajstić information content (AvgIpc) is 3.58. The first-order valence-corrected chi connectivity index (χ1v) is 12.6. The van der Waals surface area contributed by atoms with Crippen LogP contribution in [0.1, 0.15) is 34.8 Å². The normalized spacial score (nSPS) is 14.2. The summed E-state index contributed by atoms with van der Waals surface area (Å²) in [5.74, 6) is -1.48. The number of aryl methyl sites for hydroxylation is 1. The first-order chi connectivity index (χ1) is 18.1. The molecule has 0 spiro atoms. The zero-order valence-corrected chi connectivity index (χ0v) is 21.4. The lowest BCUT2D eigenvalue weighted by Gasteiger charge is -2.31. The maximum atomic E-state index is 12.7. The zero-order valence-electron chi connectivity index (χ0n) is 20.6. The van der Waals surface area contributed by atoms with Crippen LogP contribution in [-0.4, -0.2) is 62.8 Å². The SMILES string of the molecule is COc1ccc(-c2nc(C3CCN(C(=O)c4ccsc4)CC3)cc3c2ncn3C)cc1.O=C(O)C(F)(F)F. The summed E-state index contributed by atoms with van der Waals surface area (Å²) in [6.07, 6.45) is -1.42. The maximum absolute atomic E-state index is 12.7. The van der Waals surface area contributed by atoms with Crippen LogP contribution >= 0.6 is 11.3 Å². The number of amides is 1. The van der Waals surface area contributed by atoms with Crippen LogP contribution in [0.3, 0.4) is 0 Å². The molecule has 4 aromatic rings. The lowest BCUT2D eigenvalue weighted by molar-refractivity contribution is -0.192. The number of pyridine rings is 1. The van der Waals surface area contributed by atoms with Gasteiger partial charge in [0.05, 0.1) is 30.2 Å². The Morgan fingerprint density at radius 2 is 1.79 bits per heavy atom. The number of alkyl halides is 3. The summed E-state index contributed by atoms with van der Waals surface area (Å²) >= 11 is 1.56. The van der Waals surface area contributed by atoms with Crippen molar-refractivity contribution in [1.82, 2.24) is 19.4 Å². The molecule has 38 heavy (non-hydrogen) atoms. The molecule has 1 aliphatic rings. The Hall–Kier alpha value is -3.93. The Balaban J connectivity index is 0.000000426. The highest BCUT2D eigenvalue weighted by Crippen LogP contribution is 2.34. The summed E-state index contributed by atoms with van der Waals surface area (Å²) in [7, 11) is 3.68. The van der Waals surface area contributed by atoms with Crippen LogP contribution in [0.25, 0.3) is 22.3 Å². The Morgan fingerprint density at radius 1 is 1.13 bits per heavy atom. The van der Waals surface area contributed by atoms with Crippen LogP contribution in [0, 0.1) is 0 Å². The highest BCUT2D eigenvalue weighted by molar-refractivity contribution is 7.08. The Labute approximate surface area is 220 Å². The summed E-state index contributed by atoms with van der Waals surface area (Å²) in [5.41, 5.74) is 5.77. The molecular formula is C26H25F3N4O4S. The molecule has 5 rings (SSSR count). The van der Waals surface area contributed by atoms with Gasteiger partial charge in [-0.15, -0.1) is 0 Å². The minimum atomic E-state index is -5.08. The number of piperidine rings is 1. The van der Waals surface area contributed by atoms with Gasteiger partial charge in [0.15, 0.2) is 0 Å². The van der Waals surface area contributed by atoms with E-state index in [2.05, 4.69) is 11.1 Å². The number of carboxylic acids is 1. The predicted octanol–water partition coefficient (Wildman–Crippen LogP) is 5.36. The molecule has 12 heteroatoms. The number of carbonyl (C=O) groups excluding carboxylic acids is 1. The van der Waals surface area contributed by atoms with Gasteiger partial charge in [-0.05, 0) is 54.6 Å². The number of rotatable bonds is 4. The van der Waals surface area contributed by atoms with Crippen molar-refractivity contribution < 1.29 is 32.6 Å². The number of carbonyl (C=O) groups is 2. The fraction of sp³-hybridized carbons (Fsp3) is 0.308. The number of aromatic nitrogens is 3. The van der Waals surface area contributed by atoms with Crippen molar-refractivity contribution in [2.45, 2.75) is 24.9 Å². The van der Waals surface area contributed by atoms with Gasteiger partial charge in [0.1, 0.15) is 11.3 Å². The van der Waals surface area contributed by atoms with E-state index >= 15 is 0 Å². The number of carboxylic acid groups (broad SMARTS) is 1. The van der Waals surface area contributed by atoms with Gasteiger partial charge in [-0.2, -0.15) is 24.5 Å². The van der Waals surface area contributed by atoms with Crippen molar-refractivity contribution >= 4 is 34.2 Å². The molecule has 200 valence electrons. The molecule has 0 aliphatic carbocycles. The highest BCUT2D eigenvalue weighted by Gasteiger charge is 2.38. The number of likely N-dealkylation sites (tertiary alicyclic amines) is 1. The number of benzene rings is 1. The minimum Gasteiger partial charge on any atom is -0.497 e. The summed E-state index contributed by atoms with van der Waals surface area (Å²) in [4.78, 5) is 33.2. The van der Waals surface area contributed by atoms with Crippen LogP contribution in [0.5, 0.6) is 5.75 Å². The van der Waals surface area contributed by atoms with E-state index in [0.717, 1.165) is 65.2 Å². The number of methoxy groups -OCH3 is 1. The molecule has 1 fully saturated rings. The highest BCUT2D eigenvalue weighted by atomic mass is 32.1. The molecule has 0 atom stereocenters. The van der Waals surface area contributed by atoms with Gasteiger partial charge in [0.25, 0.3) is 5.91 Å². The molecule has 1 N–H and O–H groups in total. The quantitative estimate of drug-likeness (QED) is 0.370. The van der Waals surface area contributed by atoms with Crippen LogP contribution in [0.15, 0.2) is 53.5 Å². The van der Waals surface area contributed by atoms with Crippen LogP contribution < -0.4 is 4.74 Å². The number of imidazole rings is 1. The standard InChI is InChI=1S/C24H24N4O2S.C2HF3O2/c1-27-15-25-23-21(27)13-20(26-22(23)17-3-5-19(30-2)6-4-17)16-7-10-28(11-8-16)24(29)18-9-12-31-14-18;3-2(4,5)1(6)7/h3-6,9,12-16H,7-8,10-11H2,1-2H3;(H,6,7). The van der Waals surface area contributed by atoms with Crippen molar-refractivity contribution in [1.29, 1.82) is 0 Å². The summed E-state index contributed by atoms with van der Waals surface area (Å²) in [6, 6.07) is 12.0. The number of hydrogen-bond acceptors (Lipinski definition) is 6. The monoisotopic (exact) mass is 546 g/mol. The molecule has 0 radical (unpaired) electrons. The minimum absolute atomic E-state index is 0.133. The van der Waals surface area contributed by atoms with Crippen LogP contribution in [0.2, 0.25) is 0 Å². The third-order valence-electron chi connectivity index (χ3n) is 6.31. The fourth-order valence-corrected chi connectivity index (χ4v) is 4.88. The number of fused-ring (bicyclic) bond motifs is 1. The van der Waals surface area contributed by atoms with Gasteiger partial charge in [-0.1, -0.05) is 0 Å². The molecule has 4 heterocycles. The number of hydrogen-bond donors (Lipinski definition) is 1. The molecule has 8 nitrogen and oxygen atoms in total. The van der Waals surface area contributed by atoms with E-state index in [0.29, 0.717) is 5.92 Å². The predicted molar refractivity (Wildman–Crippen MR) is 136 cm³/mol. The van der Waals surface area contributed by atoms with Gasteiger partial charge >= 0.3 is 12.1 Å². The molecule has 0 unspecified atom stereocenters.